The van der Waals surface area contributed by atoms with Crippen molar-refractivity contribution in [3.8, 4) is 11.1 Å². The maximum Gasteiger partial charge on any atom is 0.224 e. The van der Waals surface area contributed by atoms with Gasteiger partial charge in [-0.15, -0.1) is 0 Å². The summed E-state index contributed by atoms with van der Waals surface area (Å²) in [5.74, 6) is -0.0672. The van der Waals surface area contributed by atoms with Crippen LogP contribution in [-0.4, -0.2) is 11.8 Å². The van der Waals surface area contributed by atoms with Gasteiger partial charge in [0.05, 0.1) is 5.69 Å². The van der Waals surface area contributed by atoms with Gasteiger partial charge in [-0.1, -0.05) is 115 Å². The molecule has 2 aromatic rings. The molecule has 0 saturated carbocycles. The third-order valence-corrected chi connectivity index (χ3v) is 6.90. The molecule has 208 valence electrons. The van der Waals surface area contributed by atoms with Crippen LogP contribution in [-0.2, 0) is 9.59 Å². The average Bonchev–Trinajstić information content (AvgIpc) is 3.09. The molecule has 38 heavy (non-hydrogen) atoms. The van der Waals surface area contributed by atoms with E-state index < -0.39 is 0 Å². The van der Waals surface area contributed by atoms with Crippen LogP contribution in [0.15, 0.2) is 53.3 Å². The molecule has 0 aliphatic carbocycles. The standard InChI is InChI=1S/C33H48N2O3/c1-3-5-7-9-10-11-12-14-16-18-33(38)35-30-25-21-28(22-26-31(30)36)27-19-23-29(24-20-27)34-32(37)17-15-13-8-6-4-2/h19-26H,3-18H2,1-2H3,(H,34,37)(H,35,36,38). The minimum Gasteiger partial charge on any atom is -0.326 e. The summed E-state index contributed by atoms with van der Waals surface area (Å²) < 4.78 is 0. The van der Waals surface area contributed by atoms with Crippen molar-refractivity contribution in [2.24, 2.45) is 0 Å². The monoisotopic (exact) mass is 520 g/mol. The Balaban J connectivity index is 1.79. The minimum absolute atomic E-state index is 0.0409. The number of benzene rings is 1. The molecule has 0 fully saturated rings. The van der Waals surface area contributed by atoms with Crippen LogP contribution in [0, 0.1) is 0 Å². The lowest BCUT2D eigenvalue weighted by Gasteiger charge is -2.06. The summed E-state index contributed by atoms with van der Waals surface area (Å²) >= 11 is 0. The normalized spacial score (nSPS) is 10.8. The Kier molecular flexibility index (Phi) is 15.8. The van der Waals surface area contributed by atoms with E-state index in [1.54, 1.807) is 12.1 Å². The van der Waals surface area contributed by atoms with Gasteiger partial charge in [0, 0.05) is 18.5 Å². The zero-order valence-corrected chi connectivity index (χ0v) is 23.7. The van der Waals surface area contributed by atoms with E-state index in [-0.39, 0.29) is 17.2 Å². The van der Waals surface area contributed by atoms with E-state index in [1.807, 2.05) is 30.3 Å². The number of rotatable bonds is 19. The van der Waals surface area contributed by atoms with E-state index in [0.717, 1.165) is 48.9 Å². The zero-order chi connectivity index (χ0) is 27.4. The van der Waals surface area contributed by atoms with Crippen molar-refractivity contribution in [2.45, 2.75) is 117 Å². The van der Waals surface area contributed by atoms with Gasteiger partial charge in [0.15, 0.2) is 0 Å². The second-order valence-electron chi connectivity index (χ2n) is 10.3. The first-order chi connectivity index (χ1) is 18.5. The number of nitrogens with one attached hydrogen (secondary N) is 2. The van der Waals surface area contributed by atoms with Crippen molar-refractivity contribution in [1.29, 1.82) is 0 Å². The molecule has 0 spiro atoms. The minimum atomic E-state index is -0.209. The largest absolute Gasteiger partial charge is 0.326 e. The predicted octanol–water partition coefficient (Wildman–Crippen LogP) is 8.87. The van der Waals surface area contributed by atoms with E-state index in [1.165, 1.54) is 63.9 Å². The van der Waals surface area contributed by atoms with Gasteiger partial charge in [-0.25, -0.2) is 0 Å². The van der Waals surface area contributed by atoms with Gasteiger partial charge in [0.1, 0.15) is 0 Å². The third-order valence-electron chi connectivity index (χ3n) is 6.90. The molecular formula is C33H48N2O3. The highest BCUT2D eigenvalue weighted by Crippen LogP contribution is 2.21. The second kappa shape index (κ2) is 19.2. The number of hydrogen-bond donors (Lipinski definition) is 2. The molecule has 0 aliphatic heterocycles. The lowest BCUT2D eigenvalue weighted by molar-refractivity contribution is -0.117. The molecule has 0 bridgehead atoms. The van der Waals surface area contributed by atoms with Crippen LogP contribution in [0.3, 0.4) is 0 Å². The molecule has 5 heteroatoms. The highest BCUT2D eigenvalue weighted by atomic mass is 16.2. The smallest absolute Gasteiger partial charge is 0.224 e. The first-order valence-corrected chi connectivity index (χ1v) is 14.9. The zero-order valence-electron chi connectivity index (χ0n) is 23.7. The van der Waals surface area contributed by atoms with Crippen molar-refractivity contribution >= 4 is 23.2 Å². The first kappa shape index (κ1) is 31.3. The van der Waals surface area contributed by atoms with Gasteiger partial charge in [0.2, 0.25) is 17.2 Å². The summed E-state index contributed by atoms with van der Waals surface area (Å²) in [5, 5.41) is 5.75. The Morgan fingerprint density at radius 1 is 0.526 bits per heavy atom. The molecule has 0 saturated heterocycles. The fourth-order valence-corrected chi connectivity index (χ4v) is 4.53. The molecule has 0 aliphatic rings. The van der Waals surface area contributed by atoms with Crippen LogP contribution in [0.2, 0.25) is 0 Å². The van der Waals surface area contributed by atoms with Crippen LogP contribution in [0.25, 0.3) is 11.1 Å². The molecule has 2 N–H and O–H groups in total. The number of carbonyl (C=O) groups is 2. The first-order valence-electron chi connectivity index (χ1n) is 14.9. The van der Waals surface area contributed by atoms with Gasteiger partial charge in [-0.2, -0.15) is 0 Å². The molecule has 2 aromatic carbocycles. The van der Waals surface area contributed by atoms with E-state index in [4.69, 9.17) is 0 Å². The van der Waals surface area contributed by atoms with Gasteiger partial charge in [-0.05, 0) is 48.2 Å². The Hall–Kier alpha value is -2.95. The molecule has 0 atom stereocenters. The van der Waals surface area contributed by atoms with Crippen LogP contribution in [0.4, 0.5) is 11.4 Å². The van der Waals surface area contributed by atoms with E-state index >= 15 is 0 Å². The number of amides is 2. The average molecular weight is 521 g/mol. The van der Waals surface area contributed by atoms with E-state index in [2.05, 4.69) is 24.5 Å². The highest BCUT2D eigenvalue weighted by molar-refractivity contribution is 5.91. The van der Waals surface area contributed by atoms with Gasteiger partial charge < -0.3 is 10.6 Å². The Bertz CT molecular complexity index is 1020. The van der Waals surface area contributed by atoms with Crippen LogP contribution >= 0.6 is 0 Å². The van der Waals surface area contributed by atoms with Crippen LogP contribution in [0.1, 0.15) is 117 Å². The Morgan fingerprint density at radius 2 is 0.947 bits per heavy atom. The topological polar surface area (TPSA) is 75.3 Å². The van der Waals surface area contributed by atoms with Crippen LogP contribution < -0.4 is 16.1 Å². The summed E-state index contributed by atoms with van der Waals surface area (Å²) in [7, 11) is 0. The Morgan fingerprint density at radius 3 is 1.47 bits per heavy atom. The van der Waals surface area contributed by atoms with Crippen molar-refractivity contribution in [2.75, 3.05) is 10.6 Å². The van der Waals surface area contributed by atoms with Gasteiger partial charge in [-0.3, -0.25) is 14.4 Å². The number of unbranched alkanes of at least 4 members (excludes halogenated alkanes) is 12. The molecule has 0 radical (unpaired) electrons. The molecular weight excluding hydrogens is 472 g/mol. The SMILES string of the molecule is CCCCCCCCCCCC(=O)Nc1ccc(-c2ccc(NC(=O)CCCCCCC)cc2)ccc1=O. The molecule has 0 unspecified atom stereocenters. The van der Waals surface area contributed by atoms with Crippen molar-refractivity contribution < 1.29 is 9.59 Å². The van der Waals surface area contributed by atoms with Gasteiger partial charge in [0.25, 0.3) is 0 Å². The summed E-state index contributed by atoms with van der Waals surface area (Å²) in [6.45, 7) is 4.41. The fourth-order valence-electron chi connectivity index (χ4n) is 4.53. The number of anilines is 2. The second-order valence-corrected chi connectivity index (χ2v) is 10.3. The fraction of sp³-hybridized carbons (Fsp3) is 0.545. The van der Waals surface area contributed by atoms with Crippen molar-refractivity contribution in [1.82, 2.24) is 0 Å². The summed E-state index contributed by atoms with van der Waals surface area (Å²) in [6.07, 6.45) is 17.4. The highest BCUT2D eigenvalue weighted by Gasteiger charge is 2.07. The summed E-state index contributed by atoms with van der Waals surface area (Å²) in [5.41, 5.74) is 2.67. The molecule has 0 aromatic heterocycles. The van der Waals surface area contributed by atoms with E-state index in [9.17, 15) is 14.4 Å². The maximum absolute atomic E-state index is 12.5. The third kappa shape index (κ3) is 13.0. The molecule has 0 heterocycles. The molecule has 2 amide bonds. The summed E-state index contributed by atoms with van der Waals surface area (Å²) in [4.78, 5) is 37.1. The van der Waals surface area contributed by atoms with E-state index in [0.29, 0.717) is 18.5 Å². The molecule has 5 nitrogen and oxygen atoms in total. The quantitative estimate of drug-likeness (QED) is 0.182. The Labute approximate surface area is 229 Å². The van der Waals surface area contributed by atoms with Crippen LogP contribution in [0.5, 0.6) is 0 Å². The summed E-state index contributed by atoms with van der Waals surface area (Å²) in [6, 6.07) is 14.4. The maximum atomic E-state index is 12.5. The van der Waals surface area contributed by atoms with Gasteiger partial charge >= 0.3 is 0 Å². The van der Waals surface area contributed by atoms with Crippen molar-refractivity contribution in [3.05, 3.63) is 58.8 Å². The lowest BCUT2D eigenvalue weighted by atomic mass is 10.1. The number of carbonyl (C=O) groups excluding carboxylic acids is 2. The predicted molar refractivity (Wildman–Crippen MR) is 161 cm³/mol. The number of hydrogen-bond acceptors (Lipinski definition) is 3. The van der Waals surface area contributed by atoms with Crippen molar-refractivity contribution in [3.63, 3.8) is 0 Å². The lowest BCUT2D eigenvalue weighted by Crippen LogP contribution is -2.16. The molecule has 2 rings (SSSR count).